The number of rotatable bonds is 5. The van der Waals surface area contributed by atoms with Crippen LogP contribution in [0, 0.1) is 6.92 Å². The first-order valence-corrected chi connectivity index (χ1v) is 9.85. The number of thiazole rings is 1. The Balaban J connectivity index is 1.51. The number of aromatic amines is 1. The number of hydrogen-bond donors (Lipinski definition) is 3. The molecule has 164 valence electrons. The van der Waals surface area contributed by atoms with Crippen molar-refractivity contribution in [3.8, 4) is 17.1 Å². The summed E-state index contributed by atoms with van der Waals surface area (Å²) in [6.45, 7) is 1.60. The molecule has 0 unspecified atom stereocenters. The summed E-state index contributed by atoms with van der Waals surface area (Å²) in [7, 11) is 0. The number of nitrogens with two attached hydrogens (primary N) is 1. The van der Waals surface area contributed by atoms with Crippen molar-refractivity contribution >= 4 is 28.3 Å². The molecule has 9 nitrogen and oxygen atoms in total. The van der Waals surface area contributed by atoms with Gasteiger partial charge in [-0.05, 0) is 25.1 Å². The number of halogens is 3. The first-order valence-electron chi connectivity index (χ1n) is 8.97. The minimum absolute atomic E-state index is 0.142. The van der Waals surface area contributed by atoms with E-state index in [1.165, 1.54) is 28.3 Å². The standard InChI is InChI=1S/C19H14F3N7O2S/c1-9-12(7-26-29(9)15-3-2-11(6-25-15)19(20,21)22)17(31)28-18-27-14(8-32-18)10-4-13(16(23)30)24-5-10/h2-8,24H,1H3,(H2,23,30)(H,27,28,31). The summed E-state index contributed by atoms with van der Waals surface area (Å²) in [5.41, 5.74) is 6.34. The topological polar surface area (TPSA) is 132 Å². The second kappa shape index (κ2) is 7.92. The highest BCUT2D eigenvalue weighted by Gasteiger charge is 2.31. The third-order valence-corrected chi connectivity index (χ3v) is 5.27. The Kier molecular flexibility index (Phi) is 5.26. The van der Waals surface area contributed by atoms with Crippen LogP contribution in [0.5, 0.6) is 0 Å². The van der Waals surface area contributed by atoms with Gasteiger partial charge in [-0.15, -0.1) is 11.3 Å². The molecule has 0 aromatic carbocycles. The number of nitrogens with one attached hydrogen (secondary N) is 2. The van der Waals surface area contributed by atoms with Crippen LogP contribution in [-0.2, 0) is 6.18 Å². The van der Waals surface area contributed by atoms with Gasteiger partial charge in [0.25, 0.3) is 11.8 Å². The van der Waals surface area contributed by atoms with Crippen LogP contribution in [0.2, 0.25) is 0 Å². The highest BCUT2D eigenvalue weighted by Crippen LogP contribution is 2.29. The maximum absolute atomic E-state index is 12.7. The van der Waals surface area contributed by atoms with Crippen LogP contribution in [0.3, 0.4) is 0 Å². The van der Waals surface area contributed by atoms with Gasteiger partial charge in [0.1, 0.15) is 5.69 Å². The maximum Gasteiger partial charge on any atom is 0.417 e. The van der Waals surface area contributed by atoms with Gasteiger partial charge < -0.3 is 10.7 Å². The number of carbonyl (C=O) groups excluding carboxylic acids is 2. The number of primary amides is 1. The number of aromatic nitrogens is 5. The van der Waals surface area contributed by atoms with Crippen molar-refractivity contribution in [3.05, 3.63) is 64.7 Å². The minimum atomic E-state index is -4.50. The summed E-state index contributed by atoms with van der Waals surface area (Å²) in [6, 6.07) is 3.62. The minimum Gasteiger partial charge on any atom is -0.364 e. The maximum atomic E-state index is 12.7. The van der Waals surface area contributed by atoms with Crippen molar-refractivity contribution in [1.29, 1.82) is 0 Å². The third kappa shape index (κ3) is 4.09. The molecule has 0 saturated heterocycles. The quantitative estimate of drug-likeness (QED) is 0.419. The zero-order valence-electron chi connectivity index (χ0n) is 16.3. The van der Waals surface area contributed by atoms with Gasteiger partial charge >= 0.3 is 6.18 Å². The molecule has 0 bridgehead atoms. The fourth-order valence-electron chi connectivity index (χ4n) is 2.86. The molecular formula is C19H14F3N7O2S. The van der Waals surface area contributed by atoms with Crippen LogP contribution in [0.25, 0.3) is 17.1 Å². The van der Waals surface area contributed by atoms with Gasteiger partial charge in [0.05, 0.1) is 28.7 Å². The van der Waals surface area contributed by atoms with E-state index in [0.29, 0.717) is 28.3 Å². The lowest BCUT2D eigenvalue weighted by Crippen LogP contribution is -2.13. The number of H-pyrrole nitrogens is 1. The predicted octanol–water partition coefficient (Wildman–Crippen LogP) is 3.40. The number of anilines is 1. The van der Waals surface area contributed by atoms with Gasteiger partial charge in [-0.25, -0.2) is 14.6 Å². The van der Waals surface area contributed by atoms with Crippen molar-refractivity contribution in [2.45, 2.75) is 13.1 Å². The zero-order chi connectivity index (χ0) is 23.0. The largest absolute Gasteiger partial charge is 0.417 e. The molecule has 0 spiro atoms. The lowest BCUT2D eigenvalue weighted by molar-refractivity contribution is -0.137. The van der Waals surface area contributed by atoms with Gasteiger partial charge in [0.15, 0.2) is 10.9 Å². The smallest absolute Gasteiger partial charge is 0.364 e. The molecule has 0 radical (unpaired) electrons. The number of nitrogens with zero attached hydrogens (tertiary/aromatic N) is 4. The molecule has 32 heavy (non-hydrogen) atoms. The number of carbonyl (C=O) groups is 2. The molecule has 0 aliphatic rings. The normalized spacial score (nSPS) is 11.5. The predicted molar refractivity (Wildman–Crippen MR) is 109 cm³/mol. The second-order valence-electron chi connectivity index (χ2n) is 6.62. The van der Waals surface area contributed by atoms with E-state index in [-0.39, 0.29) is 17.1 Å². The summed E-state index contributed by atoms with van der Waals surface area (Å²) in [5, 5.41) is 8.73. The Morgan fingerprint density at radius 1 is 1.25 bits per heavy atom. The Bertz CT molecular complexity index is 1310. The van der Waals surface area contributed by atoms with E-state index < -0.39 is 23.6 Å². The molecule has 0 aliphatic heterocycles. The lowest BCUT2D eigenvalue weighted by Gasteiger charge is -2.08. The van der Waals surface area contributed by atoms with E-state index >= 15 is 0 Å². The molecule has 4 rings (SSSR count). The van der Waals surface area contributed by atoms with Crippen molar-refractivity contribution < 1.29 is 22.8 Å². The van der Waals surface area contributed by atoms with Crippen molar-refractivity contribution in [3.63, 3.8) is 0 Å². The molecule has 0 aliphatic carbocycles. The Morgan fingerprint density at radius 3 is 2.66 bits per heavy atom. The molecular weight excluding hydrogens is 447 g/mol. The molecule has 13 heteroatoms. The van der Waals surface area contributed by atoms with E-state index in [9.17, 15) is 22.8 Å². The van der Waals surface area contributed by atoms with E-state index in [4.69, 9.17) is 5.73 Å². The van der Waals surface area contributed by atoms with Crippen molar-refractivity contribution in [1.82, 2.24) is 24.7 Å². The molecule has 4 N–H and O–H groups in total. The van der Waals surface area contributed by atoms with Crippen LogP contribution in [-0.4, -0.2) is 36.5 Å². The fourth-order valence-corrected chi connectivity index (χ4v) is 3.57. The highest BCUT2D eigenvalue weighted by molar-refractivity contribution is 7.14. The summed E-state index contributed by atoms with van der Waals surface area (Å²) < 4.78 is 39.4. The number of amides is 2. The highest BCUT2D eigenvalue weighted by atomic mass is 32.1. The molecule has 4 aromatic rings. The second-order valence-corrected chi connectivity index (χ2v) is 7.47. The van der Waals surface area contributed by atoms with Gasteiger partial charge in [0, 0.05) is 23.3 Å². The van der Waals surface area contributed by atoms with Gasteiger partial charge in [-0.3, -0.25) is 14.9 Å². The summed E-state index contributed by atoms with van der Waals surface area (Å²) >= 11 is 1.18. The lowest BCUT2D eigenvalue weighted by atomic mass is 10.2. The monoisotopic (exact) mass is 461 g/mol. The average molecular weight is 461 g/mol. The molecule has 4 heterocycles. The van der Waals surface area contributed by atoms with Crippen molar-refractivity contribution in [2.24, 2.45) is 5.73 Å². The van der Waals surface area contributed by atoms with E-state index in [2.05, 4.69) is 25.4 Å². The van der Waals surface area contributed by atoms with Crippen molar-refractivity contribution in [2.75, 3.05) is 5.32 Å². The number of alkyl halides is 3. The number of pyridine rings is 1. The SMILES string of the molecule is Cc1c(C(=O)Nc2nc(-c3c[nH]c(C(N)=O)c3)cs2)cnn1-c1ccc(C(F)(F)F)cn1. The first-order chi connectivity index (χ1) is 15.1. The third-order valence-electron chi connectivity index (χ3n) is 4.52. The average Bonchev–Trinajstić information content (AvgIpc) is 3.46. The zero-order valence-corrected chi connectivity index (χ0v) is 17.1. The van der Waals surface area contributed by atoms with Crippen LogP contribution in [0.1, 0.15) is 32.1 Å². The van der Waals surface area contributed by atoms with Gasteiger partial charge in [-0.1, -0.05) is 0 Å². The van der Waals surface area contributed by atoms with Crippen LogP contribution in [0.4, 0.5) is 18.3 Å². The fraction of sp³-hybridized carbons (Fsp3) is 0.105. The first kappa shape index (κ1) is 21.2. The van der Waals surface area contributed by atoms with E-state index in [0.717, 1.165) is 6.07 Å². The number of hydrogen-bond acceptors (Lipinski definition) is 6. The van der Waals surface area contributed by atoms with Crippen LogP contribution >= 0.6 is 11.3 Å². The van der Waals surface area contributed by atoms with Gasteiger partial charge in [0.2, 0.25) is 0 Å². The van der Waals surface area contributed by atoms with E-state index in [1.807, 2.05) is 0 Å². The van der Waals surface area contributed by atoms with Gasteiger partial charge in [-0.2, -0.15) is 18.3 Å². The van der Waals surface area contributed by atoms with E-state index in [1.54, 1.807) is 24.6 Å². The summed E-state index contributed by atoms with van der Waals surface area (Å²) in [4.78, 5) is 34.7. The Labute approximate surface area is 182 Å². The Morgan fingerprint density at radius 2 is 2.03 bits per heavy atom. The van der Waals surface area contributed by atoms with Crippen LogP contribution < -0.4 is 11.1 Å². The molecule has 2 amide bonds. The Hall–Kier alpha value is -4.00. The molecule has 0 atom stereocenters. The molecule has 4 aromatic heterocycles. The molecule has 0 saturated carbocycles. The molecule has 0 fully saturated rings. The summed E-state index contributed by atoms with van der Waals surface area (Å²) in [5.74, 6) is -0.952. The summed E-state index contributed by atoms with van der Waals surface area (Å²) in [6.07, 6.45) is -0.919. The van der Waals surface area contributed by atoms with Crippen LogP contribution in [0.15, 0.2) is 42.2 Å².